The van der Waals surface area contributed by atoms with E-state index in [1.165, 1.54) is 21.2 Å². The molecule has 2 heterocycles. The van der Waals surface area contributed by atoms with Crippen LogP contribution in [0, 0.1) is 5.82 Å². The summed E-state index contributed by atoms with van der Waals surface area (Å²) in [5.74, 6) is -0.324. The molecule has 0 amide bonds. The van der Waals surface area contributed by atoms with Crippen molar-refractivity contribution in [3.05, 3.63) is 94.8 Å². The van der Waals surface area contributed by atoms with Crippen LogP contribution in [0.3, 0.4) is 0 Å². The fourth-order valence-electron chi connectivity index (χ4n) is 2.90. The largest absolute Gasteiger partial charge is 0.387 e. The van der Waals surface area contributed by atoms with Crippen molar-refractivity contribution in [2.45, 2.75) is 12.6 Å². The van der Waals surface area contributed by atoms with E-state index in [0.717, 1.165) is 11.1 Å². The third-order valence-electron chi connectivity index (χ3n) is 4.30. The maximum atomic E-state index is 13.1. The third kappa shape index (κ3) is 3.02. The Labute approximate surface area is 148 Å². The van der Waals surface area contributed by atoms with Gasteiger partial charge in [-0.1, -0.05) is 30.3 Å². The van der Waals surface area contributed by atoms with Gasteiger partial charge in [-0.05, 0) is 35.9 Å². The van der Waals surface area contributed by atoms with Crippen LogP contribution in [0.1, 0.15) is 11.7 Å². The molecule has 2 aromatic carbocycles. The van der Waals surface area contributed by atoms with E-state index in [4.69, 9.17) is 0 Å². The zero-order chi connectivity index (χ0) is 18.1. The Morgan fingerprint density at radius 2 is 1.77 bits per heavy atom. The molecule has 5 nitrogen and oxygen atoms in total. The van der Waals surface area contributed by atoms with E-state index in [1.807, 2.05) is 30.3 Å². The second-order valence-corrected chi connectivity index (χ2v) is 6.05. The summed E-state index contributed by atoms with van der Waals surface area (Å²) in [6.45, 7) is 0.149. The Morgan fingerprint density at radius 3 is 2.50 bits per heavy atom. The van der Waals surface area contributed by atoms with Crippen LogP contribution >= 0.6 is 0 Å². The molecule has 26 heavy (non-hydrogen) atoms. The van der Waals surface area contributed by atoms with E-state index in [9.17, 15) is 14.3 Å². The Morgan fingerprint density at radius 1 is 1.04 bits per heavy atom. The first-order valence-electron chi connectivity index (χ1n) is 8.19. The number of fused-ring (bicyclic) bond motifs is 1. The molecule has 0 saturated heterocycles. The van der Waals surface area contributed by atoms with Gasteiger partial charge in [-0.2, -0.15) is 5.10 Å². The second kappa shape index (κ2) is 6.57. The molecule has 4 aromatic rings. The summed E-state index contributed by atoms with van der Waals surface area (Å²) in [6.07, 6.45) is 2.49. The molecule has 0 radical (unpaired) electrons. The smallest absolute Gasteiger partial charge is 0.276 e. The van der Waals surface area contributed by atoms with Gasteiger partial charge in [0.05, 0.1) is 18.3 Å². The Hall–Kier alpha value is -3.25. The Kier molecular flexibility index (Phi) is 4.10. The summed E-state index contributed by atoms with van der Waals surface area (Å²) in [5, 5.41) is 14.7. The van der Waals surface area contributed by atoms with Gasteiger partial charge < -0.3 is 9.67 Å². The summed E-state index contributed by atoms with van der Waals surface area (Å²) in [5.41, 5.74) is 2.21. The molecule has 1 atom stereocenters. The number of aliphatic hydroxyl groups is 1. The van der Waals surface area contributed by atoms with Crippen molar-refractivity contribution >= 4 is 5.52 Å². The minimum absolute atomic E-state index is 0.149. The minimum atomic E-state index is -0.782. The van der Waals surface area contributed by atoms with Crippen molar-refractivity contribution in [1.29, 1.82) is 0 Å². The lowest BCUT2D eigenvalue weighted by Gasteiger charge is -2.13. The van der Waals surface area contributed by atoms with Crippen molar-refractivity contribution in [2.75, 3.05) is 0 Å². The summed E-state index contributed by atoms with van der Waals surface area (Å²) in [7, 11) is 0. The van der Waals surface area contributed by atoms with Crippen LogP contribution < -0.4 is 5.56 Å². The van der Waals surface area contributed by atoms with Gasteiger partial charge in [0.25, 0.3) is 5.56 Å². The van der Waals surface area contributed by atoms with Crippen molar-refractivity contribution in [3.8, 4) is 11.3 Å². The van der Waals surface area contributed by atoms with E-state index >= 15 is 0 Å². The summed E-state index contributed by atoms with van der Waals surface area (Å²) in [6, 6.07) is 16.8. The quantitative estimate of drug-likeness (QED) is 0.616. The van der Waals surface area contributed by atoms with Crippen LogP contribution in [0.2, 0.25) is 0 Å². The lowest BCUT2D eigenvalue weighted by atomic mass is 10.1. The third-order valence-corrected chi connectivity index (χ3v) is 4.30. The molecular weight excluding hydrogens is 333 g/mol. The highest BCUT2D eigenvalue weighted by Crippen LogP contribution is 2.19. The highest BCUT2D eigenvalue weighted by molar-refractivity contribution is 5.65. The number of rotatable bonds is 4. The average Bonchev–Trinajstić information content (AvgIpc) is 3.10. The zero-order valence-electron chi connectivity index (χ0n) is 13.8. The summed E-state index contributed by atoms with van der Waals surface area (Å²) in [4.78, 5) is 12.7. The molecule has 0 fully saturated rings. The van der Waals surface area contributed by atoms with Crippen LogP contribution in [-0.4, -0.2) is 19.3 Å². The maximum absolute atomic E-state index is 13.1. The van der Waals surface area contributed by atoms with E-state index < -0.39 is 6.10 Å². The highest BCUT2D eigenvalue weighted by Gasteiger charge is 2.13. The first-order chi connectivity index (χ1) is 12.6. The molecule has 0 unspecified atom stereocenters. The molecule has 0 aliphatic rings. The standard InChI is InChI=1S/C20H16FN3O2/c21-16-8-6-14(7-9-16)17-12-18-20(26)23(10-11-24(18)22-17)13-19(25)15-4-2-1-3-5-15/h1-12,19,25H,13H2/t19-/m0/s1. The molecule has 0 bridgehead atoms. The van der Waals surface area contributed by atoms with Crippen LogP contribution in [0.4, 0.5) is 4.39 Å². The van der Waals surface area contributed by atoms with Crippen molar-refractivity contribution < 1.29 is 9.50 Å². The first-order valence-corrected chi connectivity index (χ1v) is 8.19. The van der Waals surface area contributed by atoms with E-state index in [-0.39, 0.29) is 17.9 Å². The van der Waals surface area contributed by atoms with Crippen LogP contribution in [0.25, 0.3) is 16.8 Å². The topological polar surface area (TPSA) is 59.5 Å². The number of hydrogen-bond acceptors (Lipinski definition) is 3. The van der Waals surface area contributed by atoms with Crippen molar-refractivity contribution in [2.24, 2.45) is 0 Å². The molecule has 0 spiro atoms. The number of benzene rings is 2. The maximum Gasteiger partial charge on any atom is 0.276 e. The number of halogens is 1. The van der Waals surface area contributed by atoms with Crippen LogP contribution in [-0.2, 0) is 6.54 Å². The monoisotopic (exact) mass is 349 g/mol. The summed E-state index contributed by atoms with van der Waals surface area (Å²) < 4.78 is 16.0. The highest BCUT2D eigenvalue weighted by atomic mass is 19.1. The minimum Gasteiger partial charge on any atom is -0.387 e. The number of nitrogens with zero attached hydrogens (tertiary/aromatic N) is 3. The van der Waals surface area contributed by atoms with Gasteiger partial charge in [0, 0.05) is 18.0 Å². The van der Waals surface area contributed by atoms with Gasteiger partial charge >= 0.3 is 0 Å². The molecule has 1 N–H and O–H groups in total. The van der Waals surface area contributed by atoms with Gasteiger partial charge in [0.2, 0.25) is 0 Å². The normalized spacial score (nSPS) is 12.4. The first kappa shape index (κ1) is 16.2. The SMILES string of the molecule is O=c1c2cc(-c3ccc(F)cc3)nn2ccn1C[C@H](O)c1ccccc1. The molecule has 4 rings (SSSR count). The van der Waals surface area contributed by atoms with Crippen LogP contribution in [0.5, 0.6) is 0 Å². The predicted molar refractivity (Wildman–Crippen MR) is 96.2 cm³/mol. The van der Waals surface area contributed by atoms with Gasteiger partial charge in [0.1, 0.15) is 11.3 Å². The lowest BCUT2D eigenvalue weighted by molar-refractivity contribution is 0.155. The predicted octanol–water partition coefficient (Wildman–Crippen LogP) is 3.04. The molecule has 0 saturated carbocycles. The zero-order valence-corrected chi connectivity index (χ0v) is 13.8. The fourth-order valence-corrected chi connectivity index (χ4v) is 2.90. The van der Waals surface area contributed by atoms with E-state index in [0.29, 0.717) is 11.2 Å². The number of hydrogen-bond donors (Lipinski definition) is 1. The number of aromatic nitrogens is 3. The van der Waals surface area contributed by atoms with Crippen molar-refractivity contribution in [1.82, 2.24) is 14.2 Å². The molecule has 0 aliphatic carbocycles. The molecule has 130 valence electrons. The van der Waals surface area contributed by atoms with Crippen molar-refractivity contribution in [3.63, 3.8) is 0 Å². The number of aliphatic hydroxyl groups excluding tert-OH is 1. The van der Waals surface area contributed by atoms with Gasteiger partial charge in [-0.15, -0.1) is 0 Å². The molecule has 2 aromatic heterocycles. The Balaban J connectivity index is 1.69. The van der Waals surface area contributed by atoms with Gasteiger partial charge in [0.15, 0.2) is 0 Å². The molecule has 0 aliphatic heterocycles. The lowest BCUT2D eigenvalue weighted by Crippen LogP contribution is -2.24. The molecule has 6 heteroatoms. The molecular formula is C20H16FN3O2. The second-order valence-electron chi connectivity index (χ2n) is 6.05. The fraction of sp³-hybridized carbons (Fsp3) is 0.100. The Bertz CT molecular complexity index is 1100. The summed E-state index contributed by atoms with van der Waals surface area (Å²) >= 11 is 0. The van der Waals surface area contributed by atoms with E-state index in [1.54, 1.807) is 30.6 Å². The van der Waals surface area contributed by atoms with Crippen LogP contribution in [0.15, 0.2) is 77.9 Å². The van der Waals surface area contributed by atoms with Gasteiger partial charge in [-0.25, -0.2) is 8.91 Å². The average molecular weight is 349 g/mol. The van der Waals surface area contributed by atoms with Gasteiger partial charge in [-0.3, -0.25) is 4.79 Å². The van der Waals surface area contributed by atoms with E-state index in [2.05, 4.69) is 5.10 Å².